The summed E-state index contributed by atoms with van der Waals surface area (Å²) in [6, 6.07) is 10.3. The van der Waals surface area contributed by atoms with Gasteiger partial charge in [0.2, 0.25) is 0 Å². The molecule has 1 aromatic carbocycles. The fraction of sp³-hybridized carbons (Fsp3) is 0.400. The molecule has 1 aliphatic heterocycles. The van der Waals surface area contributed by atoms with Crippen LogP contribution in [0, 0.1) is 6.92 Å². The molecule has 3 rings (SSSR count). The second kappa shape index (κ2) is 4.94. The minimum atomic E-state index is 0.526. The first-order chi connectivity index (χ1) is 8.83. The van der Waals surface area contributed by atoms with Gasteiger partial charge in [-0.25, -0.2) is 4.98 Å². The predicted octanol–water partition coefficient (Wildman–Crippen LogP) is 2.65. The highest BCUT2D eigenvalue weighted by atomic mass is 16.4. The predicted molar refractivity (Wildman–Crippen MR) is 70.7 cm³/mol. The van der Waals surface area contributed by atoms with Crippen LogP contribution in [-0.2, 0) is 6.42 Å². The SMILES string of the molecule is Cc1oc(Cc2ccccc2)nc1C1CCNC1. The van der Waals surface area contributed by atoms with Crippen molar-refractivity contribution in [1.82, 2.24) is 10.3 Å². The van der Waals surface area contributed by atoms with Crippen molar-refractivity contribution in [3.8, 4) is 0 Å². The highest BCUT2D eigenvalue weighted by molar-refractivity contribution is 5.21. The van der Waals surface area contributed by atoms with Crippen LogP contribution in [0.25, 0.3) is 0 Å². The van der Waals surface area contributed by atoms with Crippen LogP contribution in [0.5, 0.6) is 0 Å². The number of rotatable bonds is 3. The average molecular weight is 242 g/mol. The number of benzene rings is 1. The van der Waals surface area contributed by atoms with E-state index in [-0.39, 0.29) is 0 Å². The lowest BCUT2D eigenvalue weighted by Crippen LogP contribution is -2.08. The molecule has 1 aromatic heterocycles. The van der Waals surface area contributed by atoms with E-state index < -0.39 is 0 Å². The zero-order valence-corrected chi connectivity index (χ0v) is 10.6. The highest BCUT2D eigenvalue weighted by Crippen LogP contribution is 2.25. The van der Waals surface area contributed by atoms with Crippen LogP contribution >= 0.6 is 0 Å². The molecule has 0 amide bonds. The Bertz CT molecular complexity index is 513. The molecule has 0 spiro atoms. The van der Waals surface area contributed by atoms with Crippen molar-refractivity contribution in [1.29, 1.82) is 0 Å². The molecule has 1 saturated heterocycles. The molecule has 1 unspecified atom stereocenters. The Morgan fingerprint density at radius 3 is 2.89 bits per heavy atom. The van der Waals surface area contributed by atoms with Gasteiger partial charge in [0.05, 0.1) is 5.69 Å². The second-order valence-corrected chi connectivity index (χ2v) is 4.90. The average Bonchev–Trinajstić information content (AvgIpc) is 3.00. The van der Waals surface area contributed by atoms with Gasteiger partial charge in [-0.15, -0.1) is 0 Å². The lowest BCUT2D eigenvalue weighted by Gasteiger charge is -2.03. The standard InChI is InChI=1S/C15H18N2O/c1-11-15(13-7-8-16-10-13)17-14(18-11)9-12-5-3-2-4-6-12/h2-6,13,16H,7-10H2,1H3. The third kappa shape index (κ3) is 2.31. The Labute approximate surface area is 107 Å². The molecule has 2 heterocycles. The number of nitrogens with zero attached hydrogens (tertiary/aromatic N) is 1. The molecule has 3 nitrogen and oxygen atoms in total. The van der Waals surface area contributed by atoms with Crippen LogP contribution in [0.15, 0.2) is 34.7 Å². The fourth-order valence-corrected chi connectivity index (χ4v) is 2.58. The number of nitrogens with one attached hydrogen (secondary N) is 1. The van der Waals surface area contributed by atoms with Crippen LogP contribution in [-0.4, -0.2) is 18.1 Å². The van der Waals surface area contributed by atoms with Gasteiger partial charge < -0.3 is 9.73 Å². The maximum Gasteiger partial charge on any atom is 0.199 e. The van der Waals surface area contributed by atoms with Gasteiger partial charge in [-0.1, -0.05) is 30.3 Å². The molecule has 0 bridgehead atoms. The van der Waals surface area contributed by atoms with Crippen LogP contribution in [0.2, 0.25) is 0 Å². The summed E-state index contributed by atoms with van der Waals surface area (Å²) in [6.45, 7) is 4.14. The summed E-state index contributed by atoms with van der Waals surface area (Å²) in [5.74, 6) is 2.34. The van der Waals surface area contributed by atoms with Gasteiger partial charge in [-0.2, -0.15) is 0 Å². The summed E-state index contributed by atoms with van der Waals surface area (Å²) in [5.41, 5.74) is 2.39. The Balaban J connectivity index is 1.79. The summed E-state index contributed by atoms with van der Waals surface area (Å²) in [7, 11) is 0. The first-order valence-corrected chi connectivity index (χ1v) is 6.54. The molecule has 1 N–H and O–H groups in total. The van der Waals surface area contributed by atoms with E-state index >= 15 is 0 Å². The summed E-state index contributed by atoms with van der Waals surface area (Å²) < 4.78 is 5.79. The Morgan fingerprint density at radius 2 is 2.17 bits per heavy atom. The maximum absolute atomic E-state index is 5.79. The highest BCUT2D eigenvalue weighted by Gasteiger charge is 2.23. The molecular formula is C15H18N2O. The second-order valence-electron chi connectivity index (χ2n) is 4.90. The van der Waals surface area contributed by atoms with Crippen LogP contribution in [0.4, 0.5) is 0 Å². The first-order valence-electron chi connectivity index (χ1n) is 6.54. The smallest absolute Gasteiger partial charge is 0.199 e. The largest absolute Gasteiger partial charge is 0.445 e. The molecule has 1 fully saturated rings. The monoisotopic (exact) mass is 242 g/mol. The quantitative estimate of drug-likeness (QED) is 0.899. The van der Waals surface area contributed by atoms with E-state index in [9.17, 15) is 0 Å². The number of hydrogen-bond donors (Lipinski definition) is 1. The van der Waals surface area contributed by atoms with Gasteiger partial charge in [0.15, 0.2) is 5.89 Å². The van der Waals surface area contributed by atoms with Gasteiger partial charge in [0.25, 0.3) is 0 Å². The molecule has 94 valence electrons. The van der Waals surface area contributed by atoms with Gasteiger partial charge in [0.1, 0.15) is 5.76 Å². The third-order valence-corrected chi connectivity index (χ3v) is 3.52. The van der Waals surface area contributed by atoms with E-state index in [2.05, 4.69) is 22.4 Å². The van der Waals surface area contributed by atoms with Crippen LogP contribution in [0.3, 0.4) is 0 Å². The number of hydrogen-bond acceptors (Lipinski definition) is 3. The number of aromatic nitrogens is 1. The summed E-state index contributed by atoms with van der Waals surface area (Å²) in [6.07, 6.45) is 1.94. The van der Waals surface area contributed by atoms with Gasteiger partial charge in [-0.3, -0.25) is 0 Å². The van der Waals surface area contributed by atoms with E-state index in [1.807, 2.05) is 25.1 Å². The van der Waals surface area contributed by atoms with E-state index in [1.165, 1.54) is 5.56 Å². The topological polar surface area (TPSA) is 38.1 Å². The summed E-state index contributed by atoms with van der Waals surface area (Å²) in [4.78, 5) is 4.68. The zero-order valence-electron chi connectivity index (χ0n) is 10.6. The minimum Gasteiger partial charge on any atom is -0.445 e. The molecule has 0 radical (unpaired) electrons. The van der Waals surface area contributed by atoms with Gasteiger partial charge in [0, 0.05) is 18.9 Å². The Kier molecular flexibility index (Phi) is 3.15. The third-order valence-electron chi connectivity index (χ3n) is 3.52. The zero-order chi connectivity index (χ0) is 12.4. The number of aryl methyl sites for hydroxylation is 1. The Hall–Kier alpha value is -1.61. The van der Waals surface area contributed by atoms with E-state index in [0.29, 0.717) is 5.92 Å². The molecule has 1 aliphatic rings. The molecule has 3 heteroatoms. The summed E-state index contributed by atoms with van der Waals surface area (Å²) >= 11 is 0. The van der Waals surface area contributed by atoms with Crippen molar-refractivity contribution in [2.45, 2.75) is 25.7 Å². The minimum absolute atomic E-state index is 0.526. The van der Waals surface area contributed by atoms with Crippen LogP contribution < -0.4 is 5.32 Å². The molecule has 18 heavy (non-hydrogen) atoms. The van der Waals surface area contributed by atoms with Crippen molar-refractivity contribution in [3.05, 3.63) is 53.2 Å². The van der Waals surface area contributed by atoms with Crippen molar-refractivity contribution in [3.63, 3.8) is 0 Å². The van der Waals surface area contributed by atoms with Gasteiger partial charge >= 0.3 is 0 Å². The van der Waals surface area contributed by atoms with E-state index in [1.54, 1.807) is 0 Å². The van der Waals surface area contributed by atoms with E-state index in [0.717, 1.165) is 43.3 Å². The molecule has 0 saturated carbocycles. The molecule has 1 atom stereocenters. The Morgan fingerprint density at radius 1 is 1.33 bits per heavy atom. The fourth-order valence-electron chi connectivity index (χ4n) is 2.58. The maximum atomic E-state index is 5.79. The van der Waals surface area contributed by atoms with Crippen molar-refractivity contribution in [2.75, 3.05) is 13.1 Å². The summed E-state index contributed by atoms with van der Waals surface area (Å²) in [5, 5.41) is 3.38. The van der Waals surface area contributed by atoms with Crippen LogP contribution in [0.1, 0.15) is 35.2 Å². The molecule has 2 aromatic rings. The molecular weight excluding hydrogens is 224 g/mol. The number of oxazole rings is 1. The van der Waals surface area contributed by atoms with Crippen molar-refractivity contribution in [2.24, 2.45) is 0 Å². The van der Waals surface area contributed by atoms with Gasteiger partial charge in [-0.05, 0) is 25.5 Å². The normalized spacial score (nSPS) is 19.3. The molecule has 0 aliphatic carbocycles. The first kappa shape index (κ1) is 11.5. The van der Waals surface area contributed by atoms with Crippen molar-refractivity contribution >= 4 is 0 Å². The lowest BCUT2D eigenvalue weighted by atomic mass is 10.0. The van der Waals surface area contributed by atoms with Crippen molar-refractivity contribution < 1.29 is 4.42 Å². The lowest BCUT2D eigenvalue weighted by molar-refractivity contribution is 0.479. The van der Waals surface area contributed by atoms with E-state index in [4.69, 9.17) is 4.42 Å².